The third kappa shape index (κ3) is 4.93. The van der Waals surface area contributed by atoms with E-state index in [-0.39, 0.29) is 23.9 Å². The molecule has 11 heteroatoms. The van der Waals surface area contributed by atoms with Gasteiger partial charge in [0.05, 0.1) is 25.5 Å². The molecule has 2 aliphatic rings. The Kier molecular flexibility index (Phi) is 6.24. The predicted octanol–water partition coefficient (Wildman–Crippen LogP) is 0.00470. The maximum absolute atomic E-state index is 12.4. The van der Waals surface area contributed by atoms with E-state index < -0.39 is 12.0 Å². The Morgan fingerprint density at radius 1 is 1.30 bits per heavy atom. The molecule has 1 aromatic rings. The SMILES string of the molecule is CN1CCc2nc(C(=O)NN(CCC(=O)N3CCOCC3)C(=O)O)sc2C1. The maximum atomic E-state index is 12.4. The number of fused-ring (bicyclic) bond motifs is 1. The molecule has 0 bridgehead atoms. The first-order chi connectivity index (χ1) is 12.9. The van der Waals surface area contributed by atoms with Gasteiger partial charge < -0.3 is 19.6 Å². The lowest BCUT2D eigenvalue weighted by Gasteiger charge is -2.27. The van der Waals surface area contributed by atoms with Crippen LogP contribution in [0.2, 0.25) is 0 Å². The molecule has 3 heterocycles. The van der Waals surface area contributed by atoms with Crippen molar-refractivity contribution >= 4 is 29.2 Å². The van der Waals surface area contributed by atoms with Crippen LogP contribution in [-0.2, 0) is 22.5 Å². The summed E-state index contributed by atoms with van der Waals surface area (Å²) >= 11 is 1.27. The zero-order chi connectivity index (χ0) is 19.4. The molecule has 1 fully saturated rings. The number of hydrazine groups is 1. The number of rotatable bonds is 4. The van der Waals surface area contributed by atoms with Crippen LogP contribution in [0.1, 0.15) is 26.8 Å². The smallest absolute Gasteiger partial charge is 0.426 e. The number of likely N-dealkylation sites (N-methyl/N-ethyl adjacent to an activating group) is 1. The minimum absolute atomic E-state index is 0.00819. The first-order valence-electron chi connectivity index (χ1n) is 8.78. The van der Waals surface area contributed by atoms with Crippen LogP contribution < -0.4 is 5.43 Å². The van der Waals surface area contributed by atoms with Gasteiger partial charge in [-0.15, -0.1) is 11.3 Å². The highest BCUT2D eigenvalue weighted by Crippen LogP contribution is 2.24. The first-order valence-corrected chi connectivity index (χ1v) is 9.60. The van der Waals surface area contributed by atoms with Crippen molar-refractivity contribution in [3.8, 4) is 0 Å². The molecule has 0 unspecified atom stereocenters. The summed E-state index contributed by atoms with van der Waals surface area (Å²) in [4.78, 5) is 45.2. The summed E-state index contributed by atoms with van der Waals surface area (Å²) in [6.07, 6.45) is -0.558. The fraction of sp³-hybridized carbons (Fsp3) is 0.625. The highest BCUT2D eigenvalue weighted by molar-refractivity contribution is 7.13. The molecule has 3 amide bonds. The van der Waals surface area contributed by atoms with Gasteiger partial charge in [-0.3, -0.25) is 15.0 Å². The summed E-state index contributed by atoms with van der Waals surface area (Å²) in [6.45, 7) is 3.45. The Morgan fingerprint density at radius 3 is 2.74 bits per heavy atom. The van der Waals surface area contributed by atoms with E-state index in [0.29, 0.717) is 26.3 Å². The molecule has 3 rings (SSSR count). The van der Waals surface area contributed by atoms with Crippen molar-refractivity contribution in [2.45, 2.75) is 19.4 Å². The lowest BCUT2D eigenvalue weighted by molar-refractivity contribution is -0.135. The van der Waals surface area contributed by atoms with Gasteiger partial charge in [-0.25, -0.2) is 14.8 Å². The van der Waals surface area contributed by atoms with Gasteiger partial charge in [-0.05, 0) is 7.05 Å². The molecule has 1 saturated heterocycles. The average Bonchev–Trinajstić information content (AvgIpc) is 3.08. The fourth-order valence-corrected chi connectivity index (χ4v) is 4.05. The number of ether oxygens (including phenoxy) is 1. The molecular formula is C16H23N5O5S. The number of hydrogen-bond acceptors (Lipinski definition) is 7. The monoisotopic (exact) mass is 397 g/mol. The normalized spacial score (nSPS) is 17.3. The third-order valence-corrected chi connectivity index (χ3v) is 5.58. The Balaban J connectivity index is 1.56. The van der Waals surface area contributed by atoms with Crippen molar-refractivity contribution in [1.82, 2.24) is 25.2 Å². The van der Waals surface area contributed by atoms with Gasteiger partial charge in [0.1, 0.15) is 0 Å². The molecule has 1 aromatic heterocycles. The second kappa shape index (κ2) is 8.63. The molecule has 10 nitrogen and oxygen atoms in total. The van der Waals surface area contributed by atoms with Gasteiger partial charge in [-0.2, -0.15) is 0 Å². The van der Waals surface area contributed by atoms with Crippen LogP contribution in [0.15, 0.2) is 0 Å². The molecule has 2 N–H and O–H groups in total. The zero-order valence-corrected chi connectivity index (χ0v) is 16.0. The summed E-state index contributed by atoms with van der Waals surface area (Å²) < 4.78 is 5.19. The topological polar surface area (TPSA) is 115 Å². The van der Waals surface area contributed by atoms with Crippen LogP contribution in [0.25, 0.3) is 0 Å². The van der Waals surface area contributed by atoms with E-state index in [9.17, 15) is 19.5 Å². The number of nitrogens with zero attached hydrogens (tertiary/aromatic N) is 4. The summed E-state index contributed by atoms with van der Waals surface area (Å²) in [5.74, 6) is -0.732. The molecule has 0 aromatic carbocycles. The van der Waals surface area contributed by atoms with Gasteiger partial charge in [0, 0.05) is 43.9 Å². The van der Waals surface area contributed by atoms with E-state index in [1.165, 1.54) is 11.3 Å². The summed E-state index contributed by atoms with van der Waals surface area (Å²) in [5.41, 5.74) is 3.24. The Labute approximate surface area is 160 Å². The molecule has 0 saturated carbocycles. The minimum atomic E-state index is -1.32. The Hall–Kier alpha value is -2.24. The van der Waals surface area contributed by atoms with Gasteiger partial charge in [0.15, 0.2) is 5.01 Å². The maximum Gasteiger partial charge on any atom is 0.426 e. The zero-order valence-electron chi connectivity index (χ0n) is 15.1. The second-order valence-corrected chi connectivity index (χ2v) is 7.58. The summed E-state index contributed by atoms with van der Waals surface area (Å²) in [5, 5.41) is 10.3. The molecule has 0 aliphatic carbocycles. The number of morpholine rings is 1. The number of thiazole rings is 1. The van der Waals surface area contributed by atoms with Crippen LogP contribution in [0, 0.1) is 0 Å². The van der Waals surface area contributed by atoms with Crippen molar-refractivity contribution in [3.63, 3.8) is 0 Å². The van der Waals surface area contributed by atoms with E-state index in [4.69, 9.17) is 4.74 Å². The summed E-state index contributed by atoms with van der Waals surface area (Å²) in [7, 11) is 2.00. The van der Waals surface area contributed by atoms with Gasteiger partial charge >= 0.3 is 6.09 Å². The third-order valence-electron chi connectivity index (χ3n) is 4.50. The predicted molar refractivity (Wildman–Crippen MR) is 96.4 cm³/mol. The quantitative estimate of drug-likeness (QED) is 0.688. The number of aromatic nitrogens is 1. The van der Waals surface area contributed by atoms with Crippen molar-refractivity contribution in [3.05, 3.63) is 15.6 Å². The van der Waals surface area contributed by atoms with E-state index in [2.05, 4.69) is 15.3 Å². The lowest BCUT2D eigenvalue weighted by Crippen LogP contribution is -2.48. The average molecular weight is 397 g/mol. The second-order valence-electron chi connectivity index (χ2n) is 6.49. The van der Waals surface area contributed by atoms with Gasteiger partial charge in [0.25, 0.3) is 5.91 Å². The van der Waals surface area contributed by atoms with E-state index in [0.717, 1.165) is 35.1 Å². The van der Waals surface area contributed by atoms with E-state index in [1.54, 1.807) is 4.90 Å². The number of carbonyl (C=O) groups is 3. The van der Waals surface area contributed by atoms with Crippen molar-refractivity contribution in [2.24, 2.45) is 0 Å². The fourth-order valence-electron chi connectivity index (χ4n) is 2.97. The number of nitrogens with one attached hydrogen (secondary N) is 1. The van der Waals surface area contributed by atoms with Gasteiger partial charge in [-0.1, -0.05) is 0 Å². The molecule has 2 aliphatic heterocycles. The Morgan fingerprint density at radius 2 is 2.04 bits per heavy atom. The Bertz CT molecular complexity index is 718. The van der Waals surface area contributed by atoms with Crippen LogP contribution >= 0.6 is 11.3 Å². The van der Waals surface area contributed by atoms with E-state index in [1.807, 2.05) is 7.05 Å². The van der Waals surface area contributed by atoms with Crippen molar-refractivity contribution < 1.29 is 24.2 Å². The lowest BCUT2D eigenvalue weighted by atomic mass is 10.2. The molecular weight excluding hydrogens is 374 g/mol. The van der Waals surface area contributed by atoms with Crippen molar-refractivity contribution in [2.75, 3.05) is 46.4 Å². The number of carboxylic acid groups (broad SMARTS) is 1. The van der Waals surface area contributed by atoms with Gasteiger partial charge in [0.2, 0.25) is 5.91 Å². The highest BCUT2D eigenvalue weighted by Gasteiger charge is 2.25. The minimum Gasteiger partial charge on any atom is -0.464 e. The summed E-state index contributed by atoms with van der Waals surface area (Å²) in [6, 6.07) is 0. The van der Waals surface area contributed by atoms with Crippen LogP contribution in [0.5, 0.6) is 0 Å². The largest absolute Gasteiger partial charge is 0.464 e. The molecule has 27 heavy (non-hydrogen) atoms. The van der Waals surface area contributed by atoms with E-state index >= 15 is 0 Å². The first kappa shape index (κ1) is 19.5. The number of carbonyl (C=O) groups excluding carboxylic acids is 2. The molecule has 0 spiro atoms. The molecule has 0 radical (unpaired) electrons. The highest BCUT2D eigenvalue weighted by atomic mass is 32.1. The number of amides is 3. The standard InChI is InChI=1S/C16H23N5O5S/c1-19-4-2-11-12(10-19)27-15(17-11)14(23)18-21(16(24)25)5-3-13(22)20-6-8-26-9-7-20/h2-10H2,1H3,(H,18,23)(H,24,25). The molecule has 0 atom stereocenters. The molecule has 148 valence electrons. The van der Waals surface area contributed by atoms with Crippen LogP contribution in [0.3, 0.4) is 0 Å². The van der Waals surface area contributed by atoms with Crippen LogP contribution in [0.4, 0.5) is 4.79 Å². The van der Waals surface area contributed by atoms with Crippen LogP contribution in [-0.4, -0.2) is 89.2 Å². The number of hydrogen-bond donors (Lipinski definition) is 2. The van der Waals surface area contributed by atoms with Crippen molar-refractivity contribution in [1.29, 1.82) is 0 Å².